The molecule has 1 heterocycles. The van der Waals surface area contributed by atoms with Gasteiger partial charge in [0.25, 0.3) is 0 Å². The van der Waals surface area contributed by atoms with E-state index in [0.717, 1.165) is 45.2 Å². The highest BCUT2D eigenvalue weighted by Gasteiger charge is 2.49. The van der Waals surface area contributed by atoms with Crippen molar-refractivity contribution >= 4 is 16.7 Å². The van der Waals surface area contributed by atoms with Crippen LogP contribution < -0.4 is 5.32 Å². The van der Waals surface area contributed by atoms with Gasteiger partial charge < -0.3 is 15.2 Å². The number of fused-ring (bicyclic) bond motifs is 1. The molecule has 0 amide bonds. The van der Waals surface area contributed by atoms with Crippen LogP contribution in [0.3, 0.4) is 0 Å². The summed E-state index contributed by atoms with van der Waals surface area (Å²) in [5.74, 6) is -0.255. The number of aliphatic carboxylic acids is 1. The second-order valence-electron chi connectivity index (χ2n) is 9.46. The van der Waals surface area contributed by atoms with Gasteiger partial charge in [0, 0.05) is 12.5 Å². The topological polar surface area (TPSA) is 58.6 Å². The predicted octanol–water partition coefficient (Wildman–Crippen LogP) is 5.30. The van der Waals surface area contributed by atoms with Gasteiger partial charge in [-0.15, -0.1) is 0 Å². The maximum absolute atomic E-state index is 11.4. The lowest BCUT2D eigenvalue weighted by Gasteiger charge is -2.32. The lowest BCUT2D eigenvalue weighted by Crippen LogP contribution is -2.40. The standard InChI is InChI=1S/C28H31NO3/c30-27(31)28(14-15-28)13-11-20-5-9-23(10-6-20)25-12-16-29-18-26(25)32-19-21-7-8-22-3-1-2-4-24(22)17-21/h1-10,17,25-26,29H,11-16,18-19H2,(H,30,31). The summed E-state index contributed by atoms with van der Waals surface area (Å²) in [7, 11) is 0. The smallest absolute Gasteiger partial charge is 0.309 e. The highest BCUT2D eigenvalue weighted by molar-refractivity contribution is 5.83. The van der Waals surface area contributed by atoms with Gasteiger partial charge in [-0.1, -0.05) is 60.7 Å². The van der Waals surface area contributed by atoms with Crippen molar-refractivity contribution in [3.8, 4) is 0 Å². The van der Waals surface area contributed by atoms with Crippen LogP contribution >= 0.6 is 0 Å². The van der Waals surface area contributed by atoms with Gasteiger partial charge in [-0.2, -0.15) is 0 Å². The highest BCUT2D eigenvalue weighted by Crippen LogP contribution is 2.49. The Morgan fingerprint density at radius 2 is 1.75 bits per heavy atom. The van der Waals surface area contributed by atoms with E-state index < -0.39 is 11.4 Å². The molecule has 2 N–H and O–H groups in total. The van der Waals surface area contributed by atoms with Crippen LogP contribution in [0.2, 0.25) is 0 Å². The fraction of sp³-hybridized carbons (Fsp3) is 0.393. The summed E-state index contributed by atoms with van der Waals surface area (Å²) < 4.78 is 6.41. The molecule has 5 rings (SSSR count). The van der Waals surface area contributed by atoms with E-state index in [1.807, 2.05) is 0 Å². The molecule has 4 heteroatoms. The van der Waals surface area contributed by atoms with E-state index in [1.54, 1.807) is 0 Å². The monoisotopic (exact) mass is 429 g/mol. The zero-order valence-electron chi connectivity index (χ0n) is 18.4. The number of piperidine rings is 1. The molecule has 0 radical (unpaired) electrons. The molecule has 2 atom stereocenters. The van der Waals surface area contributed by atoms with Crippen LogP contribution in [0.4, 0.5) is 0 Å². The van der Waals surface area contributed by atoms with Crippen molar-refractivity contribution in [3.05, 3.63) is 83.4 Å². The van der Waals surface area contributed by atoms with Crippen LogP contribution in [0.5, 0.6) is 0 Å². The minimum absolute atomic E-state index is 0.141. The average Bonchev–Trinajstić information content (AvgIpc) is 3.63. The third-order valence-electron chi connectivity index (χ3n) is 7.31. The van der Waals surface area contributed by atoms with Gasteiger partial charge in [0.2, 0.25) is 0 Å². The molecule has 4 nitrogen and oxygen atoms in total. The molecular formula is C28H31NO3. The summed E-state index contributed by atoms with van der Waals surface area (Å²) >= 11 is 0. The molecule has 0 bridgehead atoms. The Morgan fingerprint density at radius 1 is 1.00 bits per heavy atom. The second kappa shape index (κ2) is 9.05. The van der Waals surface area contributed by atoms with Crippen LogP contribution in [0.1, 0.15) is 48.3 Å². The minimum Gasteiger partial charge on any atom is -0.481 e. The number of rotatable bonds is 8. The lowest BCUT2D eigenvalue weighted by molar-refractivity contribution is -0.143. The van der Waals surface area contributed by atoms with Crippen molar-refractivity contribution in [2.24, 2.45) is 5.41 Å². The Hall–Kier alpha value is -2.69. The fourth-order valence-electron chi connectivity index (χ4n) is 4.96. The van der Waals surface area contributed by atoms with Crippen LogP contribution in [-0.4, -0.2) is 30.3 Å². The molecule has 2 fully saturated rings. The highest BCUT2D eigenvalue weighted by atomic mass is 16.5. The molecule has 1 saturated carbocycles. The quantitative estimate of drug-likeness (QED) is 0.510. The van der Waals surface area contributed by atoms with Crippen molar-refractivity contribution in [1.29, 1.82) is 0 Å². The van der Waals surface area contributed by atoms with E-state index in [-0.39, 0.29) is 6.10 Å². The summed E-state index contributed by atoms with van der Waals surface area (Å²) in [5.41, 5.74) is 3.30. The van der Waals surface area contributed by atoms with Gasteiger partial charge >= 0.3 is 5.97 Å². The fourth-order valence-corrected chi connectivity index (χ4v) is 4.96. The molecule has 3 aromatic rings. The second-order valence-corrected chi connectivity index (χ2v) is 9.46. The zero-order chi connectivity index (χ0) is 22.0. The number of carboxylic acids is 1. The lowest BCUT2D eigenvalue weighted by atomic mass is 9.86. The van der Waals surface area contributed by atoms with Gasteiger partial charge in [-0.25, -0.2) is 0 Å². The number of hydrogen-bond donors (Lipinski definition) is 2. The van der Waals surface area contributed by atoms with Gasteiger partial charge in [0.15, 0.2) is 0 Å². The summed E-state index contributed by atoms with van der Waals surface area (Å²) in [4.78, 5) is 11.4. The summed E-state index contributed by atoms with van der Waals surface area (Å²) in [5, 5.41) is 15.4. The van der Waals surface area contributed by atoms with E-state index in [1.165, 1.54) is 27.5 Å². The zero-order valence-corrected chi connectivity index (χ0v) is 18.4. The first-order valence-electron chi connectivity index (χ1n) is 11.8. The first-order chi connectivity index (χ1) is 15.6. The van der Waals surface area contributed by atoms with E-state index >= 15 is 0 Å². The molecule has 1 aliphatic carbocycles. The van der Waals surface area contributed by atoms with E-state index in [9.17, 15) is 9.90 Å². The van der Waals surface area contributed by atoms with Gasteiger partial charge in [0.05, 0.1) is 18.1 Å². The van der Waals surface area contributed by atoms with Crippen LogP contribution in [0, 0.1) is 5.41 Å². The Balaban J connectivity index is 1.22. The van der Waals surface area contributed by atoms with Crippen molar-refractivity contribution < 1.29 is 14.6 Å². The van der Waals surface area contributed by atoms with Crippen molar-refractivity contribution in [2.75, 3.05) is 13.1 Å². The number of benzene rings is 3. The Bertz CT molecular complexity index is 1090. The molecule has 2 unspecified atom stereocenters. The maximum atomic E-state index is 11.4. The first kappa shape index (κ1) is 21.2. The first-order valence-corrected chi connectivity index (χ1v) is 11.8. The summed E-state index contributed by atoms with van der Waals surface area (Å²) in [6.45, 7) is 2.48. The molecule has 32 heavy (non-hydrogen) atoms. The Labute approximate surface area is 189 Å². The minimum atomic E-state index is -0.629. The van der Waals surface area contributed by atoms with Crippen LogP contribution in [0.25, 0.3) is 10.8 Å². The van der Waals surface area contributed by atoms with Crippen molar-refractivity contribution in [1.82, 2.24) is 5.32 Å². The van der Waals surface area contributed by atoms with Crippen LogP contribution in [-0.2, 0) is 22.6 Å². The van der Waals surface area contributed by atoms with E-state index in [0.29, 0.717) is 12.5 Å². The van der Waals surface area contributed by atoms with Crippen molar-refractivity contribution in [2.45, 2.75) is 50.7 Å². The molecule has 0 spiro atoms. The van der Waals surface area contributed by atoms with Crippen LogP contribution in [0.15, 0.2) is 66.7 Å². The van der Waals surface area contributed by atoms with Gasteiger partial charge in [0.1, 0.15) is 0 Å². The predicted molar refractivity (Wildman–Crippen MR) is 127 cm³/mol. The Morgan fingerprint density at radius 3 is 2.50 bits per heavy atom. The maximum Gasteiger partial charge on any atom is 0.309 e. The van der Waals surface area contributed by atoms with E-state index in [4.69, 9.17) is 4.74 Å². The number of nitrogens with one attached hydrogen (secondary N) is 1. The SMILES string of the molecule is O=C(O)C1(CCc2ccc(C3CCNCC3OCc3ccc4ccccc4c3)cc2)CC1. The number of carboxylic acid groups (broad SMARTS) is 1. The molecule has 2 aliphatic rings. The molecule has 1 aliphatic heterocycles. The molecular weight excluding hydrogens is 398 g/mol. The number of aryl methyl sites for hydroxylation is 1. The molecule has 0 aromatic heterocycles. The number of ether oxygens (including phenoxy) is 1. The summed E-state index contributed by atoms with van der Waals surface area (Å²) in [6.07, 6.45) is 4.43. The van der Waals surface area contributed by atoms with E-state index in [2.05, 4.69) is 72.0 Å². The third-order valence-corrected chi connectivity index (χ3v) is 7.31. The average molecular weight is 430 g/mol. The van der Waals surface area contributed by atoms with Crippen molar-refractivity contribution in [3.63, 3.8) is 0 Å². The number of hydrogen-bond acceptors (Lipinski definition) is 3. The third kappa shape index (κ3) is 4.57. The molecule has 3 aromatic carbocycles. The van der Waals surface area contributed by atoms with Gasteiger partial charge in [-0.05, 0) is 72.2 Å². The Kier molecular flexibility index (Phi) is 5.99. The van der Waals surface area contributed by atoms with Gasteiger partial charge in [-0.3, -0.25) is 4.79 Å². The molecule has 1 saturated heterocycles. The number of carbonyl (C=O) groups is 1. The summed E-state index contributed by atoms with van der Waals surface area (Å²) in [6, 6.07) is 23.8. The molecule has 166 valence electrons. The normalized spacial score (nSPS) is 22.0. The largest absolute Gasteiger partial charge is 0.481 e.